The summed E-state index contributed by atoms with van der Waals surface area (Å²) >= 11 is 0. The first-order valence-corrected chi connectivity index (χ1v) is 20.4. The van der Waals surface area contributed by atoms with Gasteiger partial charge < -0.3 is 34.2 Å². The van der Waals surface area contributed by atoms with Crippen molar-refractivity contribution in [2.45, 2.75) is 156 Å². The van der Waals surface area contributed by atoms with Crippen LogP contribution in [0, 0.1) is 56.7 Å². The molecule has 0 aromatic carbocycles. The topological polar surface area (TPSA) is 126 Å². The number of aliphatic hydroxyl groups excluding tert-OH is 1. The molecule has 0 aromatic heterocycles. The molecule has 286 valence electrons. The number of aliphatic hydroxyl groups is 1. The van der Waals surface area contributed by atoms with E-state index in [1.54, 1.807) is 6.92 Å². The number of rotatable bonds is 8. The number of fused-ring (bicyclic) bond motifs is 4. The Kier molecular flexibility index (Phi) is 8.62. The molecule has 2 N–H and O–H groups in total. The van der Waals surface area contributed by atoms with Crippen molar-refractivity contribution in [1.29, 1.82) is 0 Å². The molecule has 2 aliphatic heterocycles. The molecule has 10 nitrogen and oxygen atoms in total. The van der Waals surface area contributed by atoms with Crippen LogP contribution in [0.4, 0.5) is 0 Å². The Morgan fingerprint density at radius 3 is 2.39 bits per heavy atom. The van der Waals surface area contributed by atoms with Crippen LogP contribution >= 0.6 is 0 Å². The van der Waals surface area contributed by atoms with E-state index in [2.05, 4.69) is 34.6 Å². The average Bonchev–Trinajstić information content (AvgIpc) is 4.00. The van der Waals surface area contributed by atoms with Gasteiger partial charge in [-0.1, -0.05) is 34.6 Å². The molecule has 2 amide bonds. The average molecular weight is 713 g/mol. The lowest BCUT2D eigenvalue weighted by molar-refractivity contribution is -0.248. The lowest BCUT2D eigenvalue weighted by atomic mass is 9.41. The summed E-state index contributed by atoms with van der Waals surface area (Å²) in [6.07, 6.45) is 10.2. The number of carboxylic acids is 1. The van der Waals surface area contributed by atoms with Crippen LogP contribution in [0.25, 0.3) is 0 Å². The van der Waals surface area contributed by atoms with Crippen LogP contribution in [-0.4, -0.2) is 101 Å². The van der Waals surface area contributed by atoms with Gasteiger partial charge in [0.15, 0.2) is 6.29 Å². The molecule has 6 saturated carbocycles. The number of carbonyl (C=O) groups excluding carboxylic acids is 2. The minimum absolute atomic E-state index is 0.0269. The fourth-order valence-corrected chi connectivity index (χ4v) is 14.5. The Labute approximate surface area is 304 Å². The summed E-state index contributed by atoms with van der Waals surface area (Å²) in [5, 5.41) is 22.2. The number of hydrogen-bond acceptors (Lipinski definition) is 7. The van der Waals surface area contributed by atoms with Crippen LogP contribution in [0.3, 0.4) is 0 Å². The number of nitrogens with zero attached hydrogens (tertiary/aromatic N) is 2. The van der Waals surface area contributed by atoms with Crippen molar-refractivity contribution < 1.29 is 38.8 Å². The molecule has 4 unspecified atom stereocenters. The standard InChI is InChI=1S/C41H64N2O8/c1-23-18-27(20-43(25(3)44)24(2)36(47)48)50-34-33(23)38(6)14-15-41-22-40(41)13-12-30(37(4,5)28(40)10-11-29(41)39(38,7)35(34)46)51-32-21-42(16-17-49-32)31(45)19-26-8-9-26/h23-24,26-30,32-35,46H,8-22H2,1-7H3,(H,47,48)/t23-,24+,27?,28+,29?,30?,32+,33+,34?,35+,38-,39-,40-,41+/m1/s1. The zero-order valence-electron chi connectivity index (χ0n) is 32.2. The number of hydrogen-bond donors (Lipinski definition) is 2. The number of morpholine rings is 1. The van der Waals surface area contributed by atoms with Gasteiger partial charge in [-0.3, -0.25) is 9.59 Å². The van der Waals surface area contributed by atoms with Crippen LogP contribution in [-0.2, 0) is 28.6 Å². The van der Waals surface area contributed by atoms with Crippen molar-refractivity contribution in [2.24, 2.45) is 56.7 Å². The van der Waals surface area contributed by atoms with Crippen LogP contribution in [0.2, 0.25) is 0 Å². The second-order valence-electron chi connectivity index (χ2n) is 19.7. The van der Waals surface area contributed by atoms with E-state index in [-0.39, 0.29) is 81.9 Å². The van der Waals surface area contributed by atoms with Gasteiger partial charge in [-0.2, -0.15) is 0 Å². The highest BCUT2D eigenvalue weighted by atomic mass is 16.7. The van der Waals surface area contributed by atoms with E-state index in [0.717, 1.165) is 38.5 Å². The minimum Gasteiger partial charge on any atom is -0.480 e. The summed E-state index contributed by atoms with van der Waals surface area (Å²) in [5.74, 6) is 0.998. The molecule has 2 heterocycles. The van der Waals surface area contributed by atoms with Crippen molar-refractivity contribution in [1.82, 2.24) is 9.80 Å². The molecule has 0 bridgehead atoms. The lowest BCUT2D eigenvalue weighted by Crippen LogP contribution is -2.60. The summed E-state index contributed by atoms with van der Waals surface area (Å²) in [4.78, 5) is 40.6. The molecule has 6 aliphatic carbocycles. The van der Waals surface area contributed by atoms with Crippen molar-refractivity contribution in [2.75, 3.05) is 26.2 Å². The molecule has 2 saturated heterocycles. The SMILES string of the molecule is CC(=O)N(CC1C[C@@H](C)[C@H]2C(O1)[C@H](O)[C@@]1(C)C3CC[C@H]4C(C)(C)C(O[C@H]5CN(C(=O)CC6CC6)CCO5)CC[C@@]45C[C@@]35CC[C@]21C)[C@@H](C)C(=O)O. The molecule has 0 radical (unpaired) electrons. The first-order valence-electron chi connectivity index (χ1n) is 20.4. The highest BCUT2D eigenvalue weighted by molar-refractivity contribution is 5.82. The largest absolute Gasteiger partial charge is 0.480 e. The fraction of sp³-hybridized carbons (Fsp3) is 0.927. The van der Waals surface area contributed by atoms with Crippen molar-refractivity contribution in [3.63, 3.8) is 0 Å². The molecule has 2 spiro atoms. The van der Waals surface area contributed by atoms with Crippen LogP contribution in [0.5, 0.6) is 0 Å². The maximum Gasteiger partial charge on any atom is 0.326 e. The number of carbonyl (C=O) groups is 3. The molecular formula is C41H64N2O8. The van der Waals surface area contributed by atoms with Gasteiger partial charge >= 0.3 is 5.97 Å². The molecular weight excluding hydrogens is 648 g/mol. The predicted octanol–water partition coefficient (Wildman–Crippen LogP) is 5.49. The molecule has 8 aliphatic rings. The normalized spacial score (nSPS) is 48.6. The minimum atomic E-state index is -1.02. The monoisotopic (exact) mass is 712 g/mol. The van der Waals surface area contributed by atoms with Gasteiger partial charge in [0.05, 0.1) is 37.6 Å². The number of aliphatic carboxylic acids is 1. The van der Waals surface area contributed by atoms with Gasteiger partial charge in [0.2, 0.25) is 11.8 Å². The van der Waals surface area contributed by atoms with Gasteiger partial charge in [-0.25, -0.2) is 4.79 Å². The molecule has 14 atom stereocenters. The third-order valence-electron chi connectivity index (χ3n) is 17.3. The van der Waals surface area contributed by atoms with Gasteiger partial charge in [0.1, 0.15) is 6.04 Å². The van der Waals surface area contributed by atoms with Crippen LogP contribution < -0.4 is 0 Å². The van der Waals surface area contributed by atoms with Crippen molar-refractivity contribution in [3.8, 4) is 0 Å². The highest BCUT2D eigenvalue weighted by Gasteiger charge is 2.84. The second kappa shape index (κ2) is 12.1. The first kappa shape index (κ1) is 36.2. The molecule has 51 heavy (non-hydrogen) atoms. The van der Waals surface area contributed by atoms with Crippen molar-refractivity contribution >= 4 is 17.8 Å². The zero-order valence-corrected chi connectivity index (χ0v) is 32.2. The number of carboxylic acid groups (broad SMARTS) is 1. The number of ether oxygens (including phenoxy) is 3. The van der Waals surface area contributed by atoms with E-state index >= 15 is 0 Å². The molecule has 8 rings (SSSR count). The predicted molar refractivity (Wildman–Crippen MR) is 189 cm³/mol. The summed E-state index contributed by atoms with van der Waals surface area (Å²) < 4.78 is 19.8. The fourth-order valence-electron chi connectivity index (χ4n) is 14.5. The smallest absolute Gasteiger partial charge is 0.326 e. The summed E-state index contributed by atoms with van der Waals surface area (Å²) in [7, 11) is 0. The molecule has 0 aromatic rings. The van der Waals surface area contributed by atoms with E-state index in [0.29, 0.717) is 43.9 Å². The van der Waals surface area contributed by atoms with Gasteiger partial charge in [-0.05, 0) is 122 Å². The van der Waals surface area contributed by atoms with Crippen LogP contribution in [0.1, 0.15) is 119 Å². The van der Waals surface area contributed by atoms with Gasteiger partial charge in [0, 0.05) is 31.8 Å². The highest BCUT2D eigenvalue weighted by Crippen LogP contribution is 2.89. The Bertz CT molecular complexity index is 1430. The van der Waals surface area contributed by atoms with Crippen molar-refractivity contribution in [3.05, 3.63) is 0 Å². The van der Waals surface area contributed by atoms with E-state index in [9.17, 15) is 24.6 Å². The summed E-state index contributed by atoms with van der Waals surface area (Å²) in [6.45, 7) is 16.9. The second-order valence-corrected chi connectivity index (χ2v) is 19.7. The Morgan fingerprint density at radius 2 is 1.71 bits per heavy atom. The Hall–Kier alpha value is -1.75. The van der Waals surface area contributed by atoms with Gasteiger partial charge in [0.25, 0.3) is 0 Å². The first-order chi connectivity index (χ1) is 24.0. The summed E-state index contributed by atoms with van der Waals surface area (Å²) in [5.41, 5.74) is 0.0944. The van der Waals surface area contributed by atoms with E-state index in [4.69, 9.17) is 14.2 Å². The third kappa shape index (κ3) is 5.17. The van der Waals surface area contributed by atoms with Crippen LogP contribution in [0.15, 0.2) is 0 Å². The molecule has 10 heteroatoms. The quantitative estimate of drug-likeness (QED) is 0.339. The number of amides is 2. The Morgan fingerprint density at radius 1 is 1.00 bits per heavy atom. The van der Waals surface area contributed by atoms with Gasteiger partial charge in [-0.15, -0.1) is 0 Å². The Balaban J connectivity index is 0.989. The zero-order chi connectivity index (χ0) is 36.5. The maximum atomic E-state index is 12.9. The van der Waals surface area contributed by atoms with E-state index in [1.807, 2.05) is 4.90 Å². The van der Waals surface area contributed by atoms with E-state index in [1.165, 1.54) is 37.5 Å². The summed E-state index contributed by atoms with van der Waals surface area (Å²) in [6, 6.07) is -0.929. The van der Waals surface area contributed by atoms with E-state index < -0.39 is 18.1 Å². The molecule has 8 fully saturated rings. The third-order valence-corrected chi connectivity index (χ3v) is 17.3. The lowest BCUT2D eigenvalue weighted by Gasteiger charge is -2.64. The maximum absolute atomic E-state index is 12.9.